The highest BCUT2D eigenvalue weighted by molar-refractivity contribution is 4.97. The first-order valence-electron chi connectivity index (χ1n) is 7.19. The van der Waals surface area contributed by atoms with Crippen molar-refractivity contribution >= 4 is 0 Å². The first kappa shape index (κ1) is 10.1. The summed E-state index contributed by atoms with van der Waals surface area (Å²) in [6.07, 6.45) is 14.9. The van der Waals surface area contributed by atoms with Crippen molar-refractivity contribution < 1.29 is 0 Å². The minimum Gasteiger partial charge on any atom is -0.311 e. The largest absolute Gasteiger partial charge is 0.311 e. The van der Waals surface area contributed by atoms with Crippen LogP contribution in [0.3, 0.4) is 0 Å². The zero-order chi connectivity index (χ0) is 10.1. The van der Waals surface area contributed by atoms with E-state index < -0.39 is 0 Å². The van der Waals surface area contributed by atoms with Gasteiger partial charge in [-0.2, -0.15) is 0 Å². The van der Waals surface area contributed by atoms with Gasteiger partial charge in [-0.15, -0.1) is 0 Å². The van der Waals surface area contributed by atoms with Gasteiger partial charge in [-0.3, -0.25) is 0 Å². The van der Waals surface area contributed by atoms with Gasteiger partial charge in [0.1, 0.15) is 0 Å². The number of rotatable bonds is 4. The molecule has 0 bridgehead atoms. The molecule has 1 nitrogen and oxygen atoms in total. The van der Waals surface area contributed by atoms with Gasteiger partial charge in [0.15, 0.2) is 0 Å². The molecule has 0 atom stereocenters. The third-order valence-corrected chi connectivity index (χ3v) is 4.54. The van der Waals surface area contributed by atoms with Crippen LogP contribution in [0.15, 0.2) is 0 Å². The molecule has 0 aliphatic heterocycles. The van der Waals surface area contributed by atoms with Crippen LogP contribution < -0.4 is 5.32 Å². The predicted molar refractivity (Wildman–Crippen MR) is 63.9 cm³/mol. The van der Waals surface area contributed by atoms with E-state index in [0.29, 0.717) is 0 Å². The van der Waals surface area contributed by atoms with Crippen molar-refractivity contribution in [1.29, 1.82) is 0 Å². The Labute approximate surface area is 94.0 Å². The minimum atomic E-state index is 0.874. The van der Waals surface area contributed by atoms with Crippen LogP contribution in [-0.2, 0) is 0 Å². The molecule has 1 N–H and O–H groups in total. The average molecular weight is 207 g/mol. The Balaban J connectivity index is 1.52. The lowest BCUT2D eigenvalue weighted by molar-refractivity contribution is 0.339. The Hall–Kier alpha value is -0.0400. The quantitative estimate of drug-likeness (QED) is 0.696. The maximum absolute atomic E-state index is 4.02. The van der Waals surface area contributed by atoms with E-state index in [9.17, 15) is 0 Å². The molecule has 3 rings (SSSR count). The first-order valence-corrected chi connectivity index (χ1v) is 7.19. The summed E-state index contributed by atoms with van der Waals surface area (Å²) >= 11 is 0. The van der Waals surface area contributed by atoms with Crippen LogP contribution >= 0.6 is 0 Å². The van der Waals surface area contributed by atoms with Gasteiger partial charge in [0.05, 0.1) is 0 Å². The number of hydrogen-bond donors (Lipinski definition) is 1. The third kappa shape index (κ3) is 2.75. The van der Waals surface area contributed by atoms with Crippen LogP contribution in [0.25, 0.3) is 0 Å². The fourth-order valence-corrected chi connectivity index (χ4v) is 3.29. The zero-order valence-electron chi connectivity index (χ0n) is 9.88. The van der Waals surface area contributed by atoms with Gasteiger partial charge in [-0.05, 0) is 50.4 Å². The molecule has 0 spiro atoms. The van der Waals surface area contributed by atoms with Gasteiger partial charge in [0.25, 0.3) is 0 Å². The molecule has 86 valence electrons. The lowest BCUT2D eigenvalue weighted by Gasteiger charge is -2.25. The van der Waals surface area contributed by atoms with Crippen LogP contribution in [0.4, 0.5) is 0 Å². The number of hydrogen-bond acceptors (Lipinski definition) is 1. The van der Waals surface area contributed by atoms with E-state index in [4.69, 9.17) is 0 Å². The second-order valence-electron chi connectivity index (χ2n) is 6.06. The second kappa shape index (κ2) is 4.45. The van der Waals surface area contributed by atoms with Crippen LogP contribution in [0.2, 0.25) is 0 Å². The molecule has 1 heteroatoms. The van der Waals surface area contributed by atoms with Gasteiger partial charge in [-0.25, -0.2) is 0 Å². The number of nitrogens with one attached hydrogen (secondary N) is 1. The van der Waals surface area contributed by atoms with Crippen molar-refractivity contribution in [2.75, 3.05) is 0 Å². The molecular weight excluding hydrogens is 182 g/mol. The topological polar surface area (TPSA) is 12.0 Å². The second-order valence-corrected chi connectivity index (χ2v) is 6.06. The van der Waals surface area contributed by atoms with Crippen LogP contribution in [0.1, 0.15) is 64.2 Å². The maximum atomic E-state index is 4.02. The van der Waals surface area contributed by atoms with E-state index in [-0.39, 0.29) is 0 Å². The molecule has 0 aromatic heterocycles. The fraction of sp³-hybridized carbons (Fsp3) is 1.00. The Morgan fingerprint density at radius 1 is 0.667 bits per heavy atom. The molecule has 0 amide bonds. The van der Waals surface area contributed by atoms with Gasteiger partial charge in [-0.1, -0.05) is 25.7 Å². The van der Waals surface area contributed by atoms with Crippen LogP contribution in [0, 0.1) is 11.8 Å². The average Bonchev–Trinajstić information content (AvgIpc) is 3.07. The summed E-state index contributed by atoms with van der Waals surface area (Å²) in [5.41, 5.74) is 0. The van der Waals surface area contributed by atoms with Gasteiger partial charge in [0.2, 0.25) is 0 Å². The van der Waals surface area contributed by atoms with Crippen molar-refractivity contribution in [1.82, 2.24) is 5.32 Å². The highest BCUT2D eigenvalue weighted by atomic mass is 15.0. The lowest BCUT2D eigenvalue weighted by Crippen LogP contribution is -2.40. The van der Waals surface area contributed by atoms with Gasteiger partial charge >= 0.3 is 0 Å². The van der Waals surface area contributed by atoms with Crippen LogP contribution in [-0.4, -0.2) is 12.1 Å². The summed E-state index contributed by atoms with van der Waals surface area (Å²) in [5.74, 6) is 2.14. The highest BCUT2D eigenvalue weighted by Gasteiger charge is 2.41. The maximum Gasteiger partial charge on any atom is 0.0126 e. The monoisotopic (exact) mass is 207 g/mol. The van der Waals surface area contributed by atoms with Gasteiger partial charge in [0, 0.05) is 12.1 Å². The minimum absolute atomic E-state index is 0.874. The van der Waals surface area contributed by atoms with E-state index in [1.54, 1.807) is 0 Å². The molecule has 3 saturated carbocycles. The highest BCUT2D eigenvalue weighted by Crippen LogP contribution is 2.45. The molecule has 0 radical (unpaired) electrons. The Kier molecular flexibility index (Phi) is 3.01. The molecule has 0 saturated heterocycles. The Morgan fingerprint density at radius 3 is 1.67 bits per heavy atom. The Bertz CT molecular complexity index is 185. The summed E-state index contributed by atoms with van der Waals surface area (Å²) < 4.78 is 0. The van der Waals surface area contributed by atoms with E-state index in [0.717, 1.165) is 23.9 Å². The Morgan fingerprint density at radius 2 is 1.20 bits per heavy atom. The van der Waals surface area contributed by atoms with Crippen molar-refractivity contribution in [2.24, 2.45) is 11.8 Å². The third-order valence-electron chi connectivity index (χ3n) is 4.54. The smallest absolute Gasteiger partial charge is 0.0126 e. The van der Waals surface area contributed by atoms with Crippen molar-refractivity contribution in [2.45, 2.75) is 76.3 Å². The van der Waals surface area contributed by atoms with E-state index >= 15 is 0 Å². The van der Waals surface area contributed by atoms with E-state index in [1.807, 2.05) is 0 Å². The molecule has 3 aliphatic carbocycles. The molecule has 15 heavy (non-hydrogen) atoms. The summed E-state index contributed by atoms with van der Waals surface area (Å²) in [4.78, 5) is 0. The summed E-state index contributed by atoms with van der Waals surface area (Å²) in [7, 11) is 0. The van der Waals surface area contributed by atoms with Crippen LogP contribution in [0.5, 0.6) is 0 Å². The molecule has 3 aliphatic rings. The van der Waals surface area contributed by atoms with E-state index in [2.05, 4.69) is 5.32 Å². The SMILES string of the molecule is C1CCCC(NC(C2CC2)C2CC2)CC1. The predicted octanol–water partition coefficient (Wildman–Crippen LogP) is 3.49. The van der Waals surface area contributed by atoms with Crippen molar-refractivity contribution in [3.8, 4) is 0 Å². The van der Waals surface area contributed by atoms with Gasteiger partial charge < -0.3 is 5.32 Å². The summed E-state index contributed by atoms with van der Waals surface area (Å²) in [5, 5.41) is 4.02. The van der Waals surface area contributed by atoms with Crippen molar-refractivity contribution in [3.05, 3.63) is 0 Å². The standard InChI is InChI=1S/C14H25N/c1-2-4-6-13(5-3-1)15-14(11-7-8-11)12-9-10-12/h11-15H,1-10H2. The van der Waals surface area contributed by atoms with E-state index in [1.165, 1.54) is 64.2 Å². The molecule has 0 unspecified atom stereocenters. The molecule has 0 aromatic rings. The summed E-state index contributed by atoms with van der Waals surface area (Å²) in [6.45, 7) is 0. The molecular formula is C14H25N. The zero-order valence-corrected chi connectivity index (χ0v) is 9.88. The lowest BCUT2D eigenvalue weighted by atomic mass is 10.0. The molecule has 0 aromatic carbocycles. The first-order chi connectivity index (χ1) is 7.43. The van der Waals surface area contributed by atoms with Crippen molar-refractivity contribution in [3.63, 3.8) is 0 Å². The fourth-order valence-electron chi connectivity index (χ4n) is 3.29. The molecule has 0 heterocycles. The normalized spacial score (nSPS) is 29.4. The summed E-state index contributed by atoms with van der Waals surface area (Å²) in [6, 6.07) is 1.80. The molecule has 3 fully saturated rings.